The number of nitrogens with zero attached hydrogens (tertiary/aromatic N) is 1. The average Bonchev–Trinajstić information content (AvgIpc) is 3.33. The summed E-state index contributed by atoms with van der Waals surface area (Å²) in [6, 6.07) is 8.37. The van der Waals surface area contributed by atoms with Gasteiger partial charge in [-0.1, -0.05) is 18.2 Å². The zero-order valence-electron chi connectivity index (χ0n) is 14.3. The zero-order valence-corrected chi connectivity index (χ0v) is 15.9. The Kier molecular flexibility index (Phi) is 6.67. The number of nitrogens with one attached hydrogen (secondary N) is 1. The van der Waals surface area contributed by atoms with E-state index in [-0.39, 0.29) is 25.4 Å². The number of thiazole rings is 1. The number of esters is 1. The molecule has 8 heteroatoms. The maximum Gasteiger partial charge on any atom is 0.312 e. The number of benzene rings is 1. The molecule has 2 heterocycles. The lowest BCUT2D eigenvalue weighted by atomic mass is 10.1. The first-order valence-corrected chi connectivity index (χ1v) is 10.1. The second-order valence-electron chi connectivity index (χ2n) is 5.68. The fourth-order valence-electron chi connectivity index (χ4n) is 2.34. The maximum absolute atomic E-state index is 13.5. The first kappa shape index (κ1) is 19.2. The predicted octanol–water partition coefficient (Wildman–Crippen LogP) is 3.46. The number of amides is 1. The fraction of sp³-hybridized carbons (Fsp3) is 0.211. The van der Waals surface area contributed by atoms with Crippen molar-refractivity contribution in [2.75, 3.05) is 13.2 Å². The molecule has 1 N–H and O–H groups in total. The number of carbonyl (C=O) groups excluding carboxylic acids is 2. The van der Waals surface area contributed by atoms with Gasteiger partial charge in [0.2, 0.25) is 0 Å². The first-order valence-electron chi connectivity index (χ1n) is 8.24. The van der Waals surface area contributed by atoms with Crippen LogP contribution >= 0.6 is 22.7 Å². The van der Waals surface area contributed by atoms with E-state index in [1.807, 2.05) is 22.2 Å². The minimum Gasteiger partial charge on any atom is -0.455 e. The van der Waals surface area contributed by atoms with Crippen LogP contribution in [0.3, 0.4) is 0 Å². The third-order valence-electron chi connectivity index (χ3n) is 3.68. The molecule has 0 radical (unpaired) electrons. The van der Waals surface area contributed by atoms with Crippen LogP contribution in [-0.2, 0) is 27.2 Å². The molecule has 0 bridgehead atoms. The third-order valence-corrected chi connectivity index (χ3v) is 5.31. The Morgan fingerprint density at radius 3 is 2.81 bits per heavy atom. The Bertz CT molecular complexity index is 909. The number of thiophene rings is 1. The molecular weight excluding hydrogens is 387 g/mol. The summed E-state index contributed by atoms with van der Waals surface area (Å²) in [6.07, 6.45) is 0.389. The van der Waals surface area contributed by atoms with E-state index in [9.17, 15) is 14.0 Å². The van der Waals surface area contributed by atoms with Crippen LogP contribution in [0.25, 0.3) is 10.6 Å². The molecule has 0 aliphatic rings. The van der Waals surface area contributed by atoms with E-state index in [1.165, 1.54) is 17.4 Å². The Morgan fingerprint density at radius 1 is 1.19 bits per heavy atom. The van der Waals surface area contributed by atoms with Gasteiger partial charge in [0, 0.05) is 22.9 Å². The Hall–Kier alpha value is -2.58. The number of rotatable bonds is 8. The van der Waals surface area contributed by atoms with Crippen LogP contribution in [-0.4, -0.2) is 30.0 Å². The van der Waals surface area contributed by atoms with Gasteiger partial charge in [-0.05, 0) is 29.5 Å². The van der Waals surface area contributed by atoms with Gasteiger partial charge in [-0.25, -0.2) is 9.37 Å². The van der Waals surface area contributed by atoms with Crippen molar-refractivity contribution in [2.45, 2.75) is 12.8 Å². The lowest BCUT2D eigenvalue weighted by Crippen LogP contribution is -2.30. The van der Waals surface area contributed by atoms with Crippen molar-refractivity contribution in [3.05, 3.63) is 63.5 Å². The Morgan fingerprint density at radius 2 is 2.04 bits per heavy atom. The van der Waals surface area contributed by atoms with Crippen LogP contribution in [0.5, 0.6) is 0 Å². The molecule has 0 aliphatic heterocycles. The van der Waals surface area contributed by atoms with Crippen molar-refractivity contribution < 1.29 is 18.7 Å². The molecule has 0 atom stereocenters. The summed E-state index contributed by atoms with van der Waals surface area (Å²) in [7, 11) is 0. The molecule has 3 aromatic rings. The summed E-state index contributed by atoms with van der Waals surface area (Å²) in [6.45, 7) is -0.0922. The molecule has 0 saturated carbocycles. The zero-order chi connectivity index (χ0) is 19.1. The molecule has 2 aromatic heterocycles. The van der Waals surface area contributed by atoms with Gasteiger partial charge in [0.15, 0.2) is 6.61 Å². The summed E-state index contributed by atoms with van der Waals surface area (Å²) in [4.78, 5) is 28.0. The predicted molar refractivity (Wildman–Crippen MR) is 103 cm³/mol. The van der Waals surface area contributed by atoms with E-state index < -0.39 is 11.9 Å². The van der Waals surface area contributed by atoms with E-state index in [1.54, 1.807) is 29.5 Å². The van der Waals surface area contributed by atoms with Crippen molar-refractivity contribution >= 4 is 34.6 Å². The molecule has 0 spiro atoms. The van der Waals surface area contributed by atoms with Crippen molar-refractivity contribution in [1.82, 2.24) is 10.3 Å². The molecule has 1 amide bonds. The van der Waals surface area contributed by atoms with E-state index in [4.69, 9.17) is 4.74 Å². The molecule has 0 saturated heterocycles. The van der Waals surface area contributed by atoms with Crippen LogP contribution in [0, 0.1) is 5.82 Å². The van der Waals surface area contributed by atoms with Crippen LogP contribution in [0.1, 0.15) is 11.3 Å². The van der Waals surface area contributed by atoms with Crippen molar-refractivity contribution in [3.8, 4) is 10.6 Å². The summed E-state index contributed by atoms with van der Waals surface area (Å²) >= 11 is 3.05. The smallest absolute Gasteiger partial charge is 0.312 e. The standard InChI is InChI=1S/C19H17FN2O3S2/c20-16-4-2-1-3-13(16)5-7-21-17(23)10-25-18(24)9-15-12-27-19(22-15)14-6-8-26-11-14/h1-4,6,8,11-12H,5,7,9-10H2,(H,21,23). The number of halogens is 1. The summed E-state index contributed by atoms with van der Waals surface area (Å²) in [5, 5.41) is 9.23. The largest absolute Gasteiger partial charge is 0.455 e. The van der Waals surface area contributed by atoms with E-state index in [0.717, 1.165) is 10.6 Å². The van der Waals surface area contributed by atoms with Gasteiger partial charge in [0.25, 0.3) is 5.91 Å². The molecule has 0 fully saturated rings. The molecule has 5 nitrogen and oxygen atoms in total. The topological polar surface area (TPSA) is 68.3 Å². The van der Waals surface area contributed by atoms with Crippen LogP contribution in [0.15, 0.2) is 46.5 Å². The number of hydrogen-bond acceptors (Lipinski definition) is 6. The van der Waals surface area contributed by atoms with Gasteiger partial charge in [0.05, 0.1) is 12.1 Å². The van der Waals surface area contributed by atoms with Crippen LogP contribution in [0.2, 0.25) is 0 Å². The van der Waals surface area contributed by atoms with Crippen molar-refractivity contribution in [2.24, 2.45) is 0 Å². The first-order chi connectivity index (χ1) is 13.1. The lowest BCUT2D eigenvalue weighted by molar-refractivity contribution is -0.147. The molecule has 3 rings (SSSR count). The second-order valence-corrected chi connectivity index (χ2v) is 7.32. The lowest BCUT2D eigenvalue weighted by Gasteiger charge is -2.07. The normalized spacial score (nSPS) is 10.6. The van der Waals surface area contributed by atoms with Gasteiger partial charge in [0.1, 0.15) is 10.8 Å². The highest BCUT2D eigenvalue weighted by Gasteiger charge is 2.12. The van der Waals surface area contributed by atoms with Gasteiger partial charge < -0.3 is 10.1 Å². The average molecular weight is 404 g/mol. The second kappa shape index (κ2) is 9.38. The van der Waals surface area contributed by atoms with Crippen molar-refractivity contribution in [3.63, 3.8) is 0 Å². The SMILES string of the molecule is O=C(COC(=O)Cc1csc(-c2ccsc2)n1)NCCc1ccccc1F. The molecular formula is C19H17FN2O3S2. The maximum atomic E-state index is 13.5. The quantitative estimate of drug-likeness (QED) is 0.584. The summed E-state index contributed by atoms with van der Waals surface area (Å²) < 4.78 is 18.5. The minimum absolute atomic E-state index is 0.0170. The van der Waals surface area contributed by atoms with Crippen molar-refractivity contribution in [1.29, 1.82) is 0 Å². The molecule has 27 heavy (non-hydrogen) atoms. The number of carbonyl (C=O) groups is 2. The highest BCUT2D eigenvalue weighted by atomic mass is 32.1. The highest BCUT2D eigenvalue weighted by Crippen LogP contribution is 2.25. The van der Waals surface area contributed by atoms with Crippen LogP contribution in [0.4, 0.5) is 4.39 Å². The van der Waals surface area contributed by atoms with E-state index in [2.05, 4.69) is 10.3 Å². The minimum atomic E-state index is -0.513. The van der Waals surface area contributed by atoms with Crippen LogP contribution < -0.4 is 5.32 Å². The summed E-state index contributed by atoms with van der Waals surface area (Å²) in [5.41, 5.74) is 2.17. The Labute approximate surface area is 163 Å². The molecule has 0 aliphatic carbocycles. The summed E-state index contributed by atoms with van der Waals surface area (Å²) in [5.74, 6) is -1.23. The molecule has 0 unspecified atom stereocenters. The number of ether oxygens (including phenoxy) is 1. The fourth-order valence-corrected chi connectivity index (χ4v) is 3.87. The Balaban J connectivity index is 1.37. The monoisotopic (exact) mass is 404 g/mol. The number of aromatic nitrogens is 1. The van der Waals surface area contributed by atoms with Gasteiger partial charge in [-0.3, -0.25) is 9.59 Å². The van der Waals surface area contributed by atoms with E-state index in [0.29, 0.717) is 17.7 Å². The third kappa shape index (κ3) is 5.70. The number of hydrogen-bond donors (Lipinski definition) is 1. The molecule has 140 valence electrons. The van der Waals surface area contributed by atoms with E-state index >= 15 is 0 Å². The van der Waals surface area contributed by atoms with Gasteiger partial charge in [-0.15, -0.1) is 11.3 Å². The highest BCUT2D eigenvalue weighted by molar-refractivity contribution is 7.14. The van der Waals surface area contributed by atoms with Gasteiger partial charge in [-0.2, -0.15) is 11.3 Å². The van der Waals surface area contributed by atoms with Gasteiger partial charge >= 0.3 is 5.97 Å². The molecule has 1 aromatic carbocycles.